The molecule has 0 atom stereocenters. The highest BCUT2D eigenvalue weighted by Crippen LogP contribution is 2.42. The van der Waals surface area contributed by atoms with Gasteiger partial charge in [0.2, 0.25) is 0 Å². The molecule has 1 N–H and O–H groups in total. The largest absolute Gasteiger partial charge is 0.389 e. The summed E-state index contributed by atoms with van der Waals surface area (Å²) in [4.78, 5) is 2.53. The molecule has 1 aliphatic carbocycles. The van der Waals surface area contributed by atoms with Crippen molar-refractivity contribution in [2.75, 3.05) is 19.6 Å². The van der Waals surface area contributed by atoms with Gasteiger partial charge in [-0.3, -0.25) is 4.90 Å². The third-order valence-corrected chi connectivity index (χ3v) is 5.81. The molecule has 20 heavy (non-hydrogen) atoms. The molecule has 0 aromatic rings. The molecule has 2 nitrogen and oxygen atoms in total. The van der Waals surface area contributed by atoms with Crippen molar-refractivity contribution < 1.29 is 5.11 Å². The quantitative estimate of drug-likeness (QED) is 0.755. The summed E-state index contributed by atoms with van der Waals surface area (Å²) in [5.41, 5.74) is 0.205. The Kier molecular flexibility index (Phi) is 5.53. The van der Waals surface area contributed by atoms with Crippen LogP contribution in [-0.2, 0) is 0 Å². The van der Waals surface area contributed by atoms with Gasteiger partial charge in [-0.1, -0.05) is 40.0 Å². The minimum Gasteiger partial charge on any atom is -0.389 e. The first-order valence-corrected chi connectivity index (χ1v) is 8.99. The first-order valence-electron chi connectivity index (χ1n) is 8.99. The zero-order chi connectivity index (χ0) is 14.6. The highest BCUT2D eigenvalue weighted by Gasteiger charge is 2.44. The normalized spacial score (nSPS) is 33.9. The Balaban J connectivity index is 1.78. The van der Waals surface area contributed by atoms with E-state index in [1.54, 1.807) is 0 Å². The molecule has 0 aromatic heterocycles. The maximum Gasteiger partial charge on any atom is 0.0774 e. The van der Waals surface area contributed by atoms with Gasteiger partial charge < -0.3 is 5.11 Å². The zero-order valence-corrected chi connectivity index (χ0v) is 14.0. The smallest absolute Gasteiger partial charge is 0.0774 e. The van der Waals surface area contributed by atoms with Gasteiger partial charge in [0.15, 0.2) is 0 Å². The molecular weight excluding hydrogens is 246 g/mol. The van der Waals surface area contributed by atoms with Crippen molar-refractivity contribution in [3.63, 3.8) is 0 Å². The molecule has 1 saturated heterocycles. The van der Waals surface area contributed by atoms with Crippen LogP contribution in [-0.4, -0.2) is 35.2 Å². The van der Waals surface area contributed by atoms with Crippen LogP contribution in [0.2, 0.25) is 0 Å². The molecule has 1 aliphatic heterocycles. The van der Waals surface area contributed by atoms with Crippen molar-refractivity contribution >= 4 is 0 Å². The molecule has 0 spiro atoms. The van der Waals surface area contributed by atoms with Crippen LogP contribution in [0, 0.1) is 11.3 Å². The fourth-order valence-electron chi connectivity index (χ4n) is 4.71. The topological polar surface area (TPSA) is 23.5 Å². The summed E-state index contributed by atoms with van der Waals surface area (Å²) in [5, 5.41) is 10.8. The Labute approximate surface area is 125 Å². The lowest BCUT2D eigenvalue weighted by Crippen LogP contribution is -2.60. The van der Waals surface area contributed by atoms with Crippen molar-refractivity contribution in [3.05, 3.63) is 0 Å². The van der Waals surface area contributed by atoms with E-state index in [2.05, 4.69) is 25.7 Å². The van der Waals surface area contributed by atoms with Crippen molar-refractivity contribution in [2.45, 2.75) is 84.2 Å². The highest BCUT2D eigenvalue weighted by molar-refractivity contribution is 4.98. The molecule has 0 aromatic carbocycles. The fraction of sp³-hybridized carbons (Fsp3) is 1.00. The Morgan fingerprint density at radius 1 is 1.00 bits per heavy atom. The van der Waals surface area contributed by atoms with Gasteiger partial charge in [-0.25, -0.2) is 0 Å². The Bertz CT molecular complexity index is 280. The Hall–Kier alpha value is -0.0800. The SMILES string of the molecule is CCCC1(CCC)CN(CC2(O)CCC(CC)CC2)C1. The summed E-state index contributed by atoms with van der Waals surface area (Å²) >= 11 is 0. The van der Waals surface area contributed by atoms with Crippen LogP contribution in [0.3, 0.4) is 0 Å². The van der Waals surface area contributed by atoms with Crippen LogP contribution in [0.1, 0.15) is 78.6 Å². The van der Waals surface area contributed by atoms with E-state index in [4.69, 9.17) is 0 Å². The zero-order valence-electron chi connectivity index (χ0n) is 14.0. The van der Waals surface area contributed by atoms with Crippen molar-refractivity contribution in [1.82, 2.24) is 4.90 Å². The summed E-state index contributed by atoms with van der Waals surface area (Å²) in [6.07, 6.45) is 11.1. The van der Waals surface area contributed by atoms with Crippen molar-refractivity contribution in [2.24, 2.45) is 11.3 Å². The highest BCUT2D eigenvalue weighted by atomic mass is 16.3. The number of hydrogen-bond donors (Lipinski definition) is 1. The van der Waals surface area contributed by atoms with Gasteiger partial charge in [-0.15, -0.1) is 0 Å². The minimum atomic E-state index is -0.379. The predicted molar refractivity (Wildman–Crippen MR) is 85.9 cm³/mol. The number of nitrogens with zero attached hydrogens (tertiary/aromatic N) is 1. The third kappa shape index (κ3) is 3.76. The van der Waals surface area contributed by atoms with Gasteiger partial charge in [0.25, 0.3) is 0 Å². The summed E-state index contributed by atoms with van der Waals surface area (Å²) < 4.78 is 0. The van der Waals surface area contributed by atoms with Crippen LogP contribution >= 0.6 is 0 Å². The second kappa shape index (κ2) is 6.79. The maximum atomic E-state index is 10.8. The summed E-state index contributed by atoms with van der Waals surface area (Å²) in [6.45, 7) is 10.3. The van der Waals surface area contributed by atoms with E-state index in [1.807, 2.05) is 0 Å². The number of likely N-dealkylation sites (tertiary alicyclic amines) is 1. The molecular formula is C18H35NO. The van der Waals surface area contributed by atoms with Crippen LogP contribution in [0.5, 0.6) is 0 Å². The second-order valence-electron chi connectivity index (χ2n) is 7.72. The van der Waals surface area contributed by atoms with E-state index >= 15 is 0 Å². The molecule has 1 heterocycles. The van der Waals surface area contributed by atoms with Crippen LogP contribution < -0.4 is 0 Å². The van der Waals surface area contributed by atoms with E-state index in [-0.39, 0.29) is 5.60 Å². The summed E-state index contributed by atoms with van der Waals surface area (Å²) in [7, 11) is 0. The van der Waals surface area contributed by atoms with Crippen LogP contribution in [0.15, 0.2) is 0 Å². The standard InChI is InChI=1S/C18H35NO/c1-4-9-17(10-5-2)13-19(14-17)15-18(20)11-7-16(6-3)8-12-18/h16,20H,4-15H2,1-3H3. The van der Waals surface area contributed by atoms with Gasteiger partial charge in [0, 0.05) is 19.6 Å². The van der Waals surface area contributed by atoms with E-state index < -0.39 is 0 Å². The number of β-amino-alcohol motifs (C(OH)–C–C–N with tert-alkyl or cyclic N) is 1. The average Bonchev–Trinajstić information content (AvgIpc) is 2.38. The lowest BCUT2D eigenvalue weighted by molar-refractivity contribution is -0.0927. The van der Waals surface area contributed by atoms with E-state index in [0.717, 1.165) is 25.3 Å². The monoisotopic (exact) mass is 281 g/mol. The van der Waals surface area contributed by atoms with Crippen molar-refractivity contribution in [3.8, 4) is 0 Å². The van der Waals surface area contributed by atoms with Crippen LogP contribution in [0.25, 0.3) is 0 Å². The lowest BCUT2D eigenvalue weighted by atomic mass is 9.71. The molecule has 2 aliphatic rings. The van der Waals surface area contributed by atoms with Crippen molar-refractivity contribution in [1.29, 1.82) is 0 Å². The molecule has 2 rings (SSSR count). The Morgan fingerprint density at radius 3 is 2.00 bits per heavy atom. The van der Waals surface area contributed by atoms with Gasteiger partial charge in [-0.05, 0) is 49.9 Å². The molecule has 118 valence electrons. The molecule has 0 unspecified atom stereocenters. The van der Waals surface area contributed by atoms with Crippen LogP contribution in [0.4, 0.5) is 0 Å². The van der Waals surface area contributed by atoms with Gasteiger partial charge in [0.05, 0.1) is 5.60 Å². The fourth-order valence-corrected chi connectivity index (χ4v) is 4.71. The molecule has 0 bridgehead atoms. The average molecular weight is 281 g/mol. The summed E-state index contributed by atoms with van der Waals surface area (Å²) in [6, 6.07) is 0. The number of hydrogen-bond acceptors (Lipinski definition) is 2. The minimum absolute atomic E-state index is 0.379. The molecule has 1 saturated carbocycles. The predicted octanol–water partition coefficient (Wildman–Crippen LogP) is 4.22. The molecule has 0 amide bonds. The maximum absolute atomic E-state index is 10.8. The van der Waals surface area contributed by atoms with E-state index in [9.17, 15) is 5.11 Å². The van der Waals surface area contributed by atoms with E-state index in [0.29, 0.717) is 5.41 Å². The lowest BCUT2D eigenvalue weighted by Gasteiger charge is -2.53. The van der Waals surface area contributed by atoms with Gasteiger partial charge in [-0.2, -0.15) is 0 Å². The molecule has 0 radical (unpaired) electrons. The first kappa shape index (κ1) is 16.3. The molecule has 2 heteroatoms. The first-order chi connectivity index (χ1) is 9.55. The third-order valence-electron chi connectivity index (χ3n) is 5.81. The second-order valence-corrected chi connectivity index (χ2v) is 7.72. The van der Waals surface area contributed by atoms with E-state index in [1.165, 1.54) is 58.0 Å². The molecule has 2 fully saturated rings. The van der Waals surface area contributed by atoms with Gasteiger partial charge >= 0.3 is 0 Å². The number of rotatable bonds is 7. The summed E-state index contributed by atoms with van der Waals surface area (Å²) in [5.74, 6) is 0.867. The Morgan fingerprint density at radius 2 is 1.55 bits per heavy atom. The van der Waals surface area contributed by atoms with Gasteiger partial charge in [0.1, 0.15) is 0 Å². The number of aliphatic hydroxyl groups is 1.